The van der Waals surface area contributed by atoms with Crippen LogP contribution in [0.3, 0.4) is 0 Å². The average Bonchev–Trinajstić information content (AvgIpc) is 2.92. The molecule has 0 saturated heterocycles. The molecule has 2 amide bonds. The number of nitrogens with one attached hydrogen (secondary N) is 1. The lowest BCUT2D eigenvalue weighted by molar-refractivity contribution is -0.140. The molecule has 0 heterocycles. The zero-order chi connectivity index (χ0) is 27.0. The van der Waals surface area contributed by atoms with Gasteiger partial charge in [-0.2, -0.15) is 0 Å². The van der Waals surface area contributed by atoms with Crippen molar-refractivity contribution < 1.29 is 27.1 Å². The minimum absolute atomic E-state index is 0.0567. The second kappa shape index (κ2) is 12.4. The van der Waals surface area contributed by atoms with Gasteiger partial charge in [0.25, 0.3) is 10.0 Å². The van der Waals surface area contributed by atoms with Crippen LogP contribution >= 0.6 is 0 Å². The van der Waals surface area contributed by atoms with E-state index in [0.717, 1.165) is 28.6 Å². The molecule has 0 saturated carbocycles. The van der Waals surface area contributed by atoms with E-state index in [2.05, 4.69) is 5.32 Å². The van der Waals surface area contributed by atoms with E-state index >= 15 is 0 Å². The molecule has 196 valence electrons. The van der Waals surface area contributed by atoms with Gasteiger partial charge in [0, 0.05) is 13.6 Å². The molecule has 0 radical (unpaired) electrons. The van der Waals surface area contributed by atoms with Crippen LogP contribution in [0, 0.1) is 5.82 Å². The monoisotopic (exact) mass is 527 g/mol. The van der Waals surface area contributed by atoms with Crippen LogP contribution in [0.2, 0.25) is 0 Å². The topological polar surface area (TPSA) is 96.0 Å². The minimum atomic E-state index is -4.24. The van der Waals surface area contributed by atoms with Crippen LogP contribution in [0.25, 0.3) is 0 Å². The van der Waals surface area contributed by atoms with Gasteiger partial charge in [-0.3, -0.25) is 13.9 Å². The summed E-state index contributed by atoms with van der Waals surface area (Å²) >= 11 is 0. The number of halogens is 1. The maximum atomic E-state index is 13.8. The number of methoxy groups -OCH3 is 1. The molecule has 8 nitrogen and oxygen atoms in total. The number of likely N-dealkylation sites (N-methyl/N-ethyl adjacent to an activating group) is 1. The Morgan fingerprint density at radius 1 is 1.00 bits per heavy atom. The molecule has 0 aromatic heterocycles. The summed E-state index contributed by atoms with van der Waals surface area (Å²) in [5.74, 6) is -0.941. The number of carbonyl (C=O) groups excluding carboxylic acids is 2. The summed E-state index contributed by atoms with van der Waals surface area (Å²) in [6, 6.07) is 18.8. The number of anilines is 1. The first-order valence-electron chi connectivity index (χ1n) is 11.7. The van der Waals surface area contributed by atoms with Crippen molar-refractivity contribution in [3.05, 3.63) is 90.2 Å². The molecule has 3 aromatic carbocycles. The molecule has 10 heteroatoms. The van der Waals surface area contributed by atoms with Crippen molar-refractivity contribution in [2.24, 2.45) is 0 Å². The summed E-state index contributed by atoms with van der Waals surface area (Å²) < 4.78 is 47.0. The molecule has 37 heavy (non-hydrogen) atoms. The Labute approximate surface area is 216 Å². The number of carbonyl (C=O) groups is 2. The van der Waals surface area contributed by atoms with Crippen molar-refractivity contribution in [1.29, 1.82) is 0 Å². The van der Waals surface area contributed by atoms with Crippen LogP contribution in [0.4, 0.5) is 10.1 Å². The van der Waals surface area contributed by atoms with Gasteiger partial charge in [-0.1, -0.05) is 37.3 Å². The maximum absolute atomic E-state index is 13.8. The number of sulfonamides is 1. The van der Waals surface area contributed by atoms with E-state index in [1.807, 2.05) is 0 Å². The molecule has 3 aromatic rings. The standard InChI is InChI=1S/C27H30FN3O5S/c1-4-25(27(33)29-2)30(18-20-9-8-12-23(17-20)36-3)26(32)19-31(22-10-6-5-7-11-22)37(34,35)24-15-13-21(28)14-16-24/h5-17,25H,4,18-19H2,1-3H3,(H,29,33). The zero-order valence-electron chi connectivity index (χ0n) is 20.9. The van der Waals surface area contributed by atoms with Gasteiger partial charge in [0.15, 0.2) is 0 Å². The fraction of sp³-hybridized carbons (Fsp3) is 0.259. The van der Waals surface area contributed by atoms with Gasteiger partial charge < -0.3 is 15.0 Å². The van der Waals surface area contributed by atoms with E-state index in [0.29, 0.717) is 17.7 Å². The Morgan fingerprint density at radius 3 is 2.27 bits per heavy atom. The quantitative estimate of drug-likeness (QED) is 0.411. The summed E-state index contributed by atoms with van der Waals surface area (Å²) in [5.41, 5.74) is 0.970. The van der Waals surface area contributed by atoms with E-state index < -0.39 is 34.3 Å². The van der Waals surface area contributed by atoms with Gasteiger partial charge in [0.2, 0.25) is 11.8 Å². The number of hydrogen-bond donors (Lipinski definition) is 1. The van der Waals surface area contributed by atoms with Gasteiger partial charge in [-0.15, -0.1) is 0 Å². The van der Waals surface area contributed by atoms with E-state index in [1.165, 1.54) is 19.1 Å². The highest BCUT2D eigenvalue weighted by Crippen LogP contribution is 2.25. The van der Waals surface area contributed by atoms with E-state index in [1.54, 1.807) is 61.5 Å². The third-order valence-corrected chi connectivity index (χ3v) is 7.63. The van der Waals surface area contributed by atoms with Gasteiger partial charge >= 0.3 is 0 Å². The van der Waals surface area contributed by atoms with Gasteiger partial charge in [0.05, 0.1) is 17.7 Å². The summed E-state index contributed by atoms with van der Waals surface area (Å²) in [6.07, 6.45) is 0.311. The Hall–Kier alpha value is -3.92. The largest absolute Gasteiger partial charge is 0.497 e. The van der Waals surface area contributed by atoms with E-state index in [9.17, 15) is 22.4 Å². The molecular weight excluding hydrogens is 497 g/mol. The predicted molar refractivity (Wildman–Crippen MR) is 139 cm³/mol. The maximum Gasteiger partial charge on any atom is 0.264 e. The van der Waals surface area contributed by atoms with Gasteiger partial charge in [-0.25, -0.2) is 12.8 Å². The minimum Gasteiger partial charge on any atom is -0.497 e. The van der Waals surface area contributed by atoms with Gasteiger partial charge in [-0.05, 0) is 60.5 Å². The van der Waals surface area contributed by atoms with Crippen LogP contribution in [0.5, 0.6) is 5.75 Å². The number of rotatable bonds is 11. The van der Waals surface area contributed by atoms with Crippen molar-refractivity contribution in [1.82, 2.24) is 10.2 Å². The third kappa shape index (κ3) is 6.65. The molecule has 0 aliphatic carbocycles. The highest BCUT2D eigenvalue weighted by molar-refractivity contribution is 7.92. The molecule has 1 N–H and O–H groups in total. The number of benzene rings is 3. The Balaban J connectivity index is 2.03. The van der Waals surface area contributed by atoms with Crippen molar-refractivity contribution >= 4 is 27.5 Å². The Bertz CT molecular complexity index is 1320. The van der Waals surface area contributed by atoms with E-state index in [4.69, 9.17) is 4.74 Å². The lowest BCUT2D eigenvalue weighted by Crippen LogP contribution is -2.51. The van der Waals surface area contributed by atoms with Crippen molar-refractivity contribution in [2.75, 3.05) is 25.0 Å². The predicted octanol–water partition coefficient (Wildman–Crippen LogP) is 3.58. The first kappa shape index (κ1) is 27.7. The molecule has 0 bridgehead atoms. The number of hydrogen-bond acceptors (Lipinski definition) is 5. The lowest BCUT2D eigenvalue weighted by Gasteiger charge is -2.33. The van der Waals surface area contributed by atoms with E-state index in [-0.39, 0.29) is 23.0 Å². The Kier molecular flexibility index (Phi) is 9.24. The SMILES string of the molecule is CCC(C(=O)NC)N(Cc1cccc(OC)c1)C(=O)CN(c1ccccc1)S(=O)(=O)c1ccc(F)cc1. The first-order valence-corrected chi connectivity index (χ1v) is 13.1. The smallest absolute Gasteiger partial charge is 0.264 e. The van der Waals surface area contributed by atoms with Crippen LogP contribution in [0.1, 0.15) is 18.9 Å². The van der Waals surface area contributed by atoms with Gasteiger partial charge in [0.1, 0.15) is 24.2 Å². The molecule has 0 spiro atoms. The molecule has 0 aliphatic rings. The molecule has 0 aliphatic heterocycles. The molecule has 3 rings (SSSR count). The highest BCUT2D eigenvalue weighted by Gasteiger charge is 2.33. The fourth-order valence-corrected chi connectivity index (χ4v) is 5.32. The zero-order valence-corrected chi connectivity index (χ0v) is 21.7. The fourth-order valence-electron chi connectivity index (χ4n) is 3.91. The van der Waals surface area contributed by atoms with Crippen LogP contribution in [-0.2, 0) is 26.2 Å². The van der Waals surface area contributed by atoms with Crippen LogP contribution in [-0.4, -0.2) is 51.9 Å². The molecule has 0 fully saturated rings. The summed E-state index contributed by atoms with van der Waals surface area (Å²) in [4.78, 5) is 27.7. The number of ether oxygens (including phenoxy) is 1. The normalized spacial score (nSPS) is 11.9. The second-order valence-electron chi connectivity index (χ2n) is 8.21. The molecule has 1 atom stereocenters. The molecular formula is C27H30FN3O5S. The second-order valence-corrected chi connectivity index (χ2v) is 10.1. The van der Waals surface area contributed by atoms with Crippen molar-refractivity contribution in [2.45, 2.75) is 30.8 Å². The lowest BCUT2D eigenvalue weighted by atomic mass is 10.1. The third-order valence-electron chi connectivity index (χ3n) is 5.84. The highest BCUT2D eigenvalue weighted by atomic mass is 32.2. The summed E-state index contributed by atoms with van der Waals surface area (Å²) in [5, 5.41) is 2.58. The van der Waals surface area contributed by atoms with Crippen molar-refractivity contribution in [3.8, 4) is 5.75 Å². The number of nitrogens with zero attached hydrogens (tertiary/aromatic N) is 2. The Morgan fingerprint density at radius 2 is 1.68 bits per heavy atom. The number of amides is 2. The summed E-state index contributed by atoms with van der Waals surface area (Å²) in [7, 11) is -1.23. The van der Waals surface area contributed by atoms with Crippen LogP contribution < -0.4 is 14.4 Å². The average molecular weight is 528 g/mol. The molecule has 1 unspecified atom stereocenters. The van der Waals surface area contributed by atoms with Crippen LogP contribution in [0.15, 0.2) is 83.8 Å². The van der Waals surface area contributed by atoms with Crippen molar-refractivity contribution in [3.63, 3.8) is 0 Å². The first-order chi connectivity index (χ1) is 17.7. The number of para-hydroxylation sites is 1. The summed E-state index contributed by atoms with van der Waals surface area (Å²) in [6.45, 7) is 1.26.